The van der Waals surface area contributed by atoms with E-state index in [1.807, 2.05) is 0 Å². The number of likely N-dealkylation sites (tertiary alicyclic amines) is 1. The lowest BCUT2D eigenvalue weighted by Gasteiger charge is -2.28. The van der Waals surface area contributed by atoms with Gasteiger partial charge in [0.15, 0.2) is 0 Å². The van der Waals surface area contributed by atoms with Gasteiger partial charge < -0.3 is 24.3 Å². The Labute approximate surface area is 220 Å². The van der Waals surface area contributed by atoms with Gasteiger partial charge in [0.25, 0.3) is 5.91 Å². The van der Waals surface area contributed by atoms with Crippen LogP contribution in [0.2, 0.25) is 0 Å². The summed E-state index contributed by atoms with van der Waals surface area (Å²) in [4.78, 5) is 17.8. The molecule has 8 heteroatoms. The number of amides is 1. The number of methoxy groups -OCH3 is 2. The highest BCUT2D eigenvalue weighted by Gasteiger charge is 2.29. The molecule has 2 aliphatic rings. The predicted octanol–water partition coefficient (Wildman–Crippen LogP) is 3.60. The van der Waals surface area contributed by atoms with Crippen molar-refractivity contribution in [3.63, 3.8) is 0 Å². The minimum Gasteiger partial charge on any atom is -0.497 e. The third-order valence-corrected chi connectivity index (χ3v) is 7.71. The molecule has 4 rings (SSSR count). The lowest BCUT2D eigenvalue weighted by Crippen LogP contribution is -2.38. The Bertz CT molecular complexity index is 1050. The summed E-state index contributed by atoms with van der Waals surface area (Å²) in [5.41, 5.74) is 4.32. The van der Waals surface area contributed by atoms with Crippen LogP contribution in [0.5, 0.6) is 17.2 Å². The van der Waals surface area contributed by atoms with E-state index in [4.69, 9.17) is 18.9 Å². The van der Waals surface area contributed by atoms with Crippen LogP contribution in [0.25, 0.3) is 0 Å². The first kappa shape index (κ1) is 27.2. The van der Waals surface area contributed by atoms with Gasteiger partial charge in [-0.1, -0.05) is 6.07 Å². The first-order valence-corrected chi connectivity index (χ1v) is 13.2. The first-order valence-electron chi connectivity index (χ1n) is 13.2. The molecule has 0 bridgehead atoms. The van der Waals surface area contributed by atoms with Crippen LogP contribution >= 0.6 is 0 Å². The molecule has 0 aliphatic carbocycles. The highest BCUT2D eigenvalue weighted by Crippen LogP contribution is 2.32. The lowest BCUT2D eigenvalue weighted by atomic mass is 9.97. The molecule has 0 aromatic heterocycles. The van der Waals surface area contributed by atoms with Gasteiger partial charge in [0.1, 0.15) is 23.9 Å². The largest absolute Gasteiger partial charge is 0.497 e. The number of nitrogens with one attached hydrogen (secondary N) is 1. The maximum atomic E-state index is 12.9. The molecule has 1 amide bonds. The van der Waals surface area contributed by atoms with Crippen molar-refractivity contribution in [2.45, 2.75) is 39.3 Å². The zero-order valence-corrected chi connectivity index (χ0v) is 22.8. The molecule has 0 saturated carbocycles. The van der Waals surface area contributed by atoms with Crippen molar-refractivity contribution >= 4 is 5.91 Å². The Morgan fingerprint density at radius 1 is 1.05 bits per heavy atom. The summed E-state index contributed by atoms with van der Waals surface area (Å²) in [6, 6.07) is 9.90. The number of rotatable bonds is 10. The van der Waals surface area contributed by atoms with Gasteiger partial charge >= 0.3 is 0 Å². The first-order chi connectivity index (χ1) is 17.9. The van der Waals surface area contributed by atoms with Gasteiger partial charge in [-0.05, 0) is 62.1 Å². The van der Waals surface area contributed by atoms with Crippen LogP contribution in [-0.2, 0) is 4.74 Å². The van der Waals surface area contributed by atoms with Gasteiger partial charge in [-0.25, -0.2) is 0 Å². The molecule has 0 spiro atoms. The summed E-state index contributed by atoms with van der Waals surface area (Å²) in [5, 5.41) is 3.20. The van der Waals surface area contributed by atoms with Gasteiger partial charge in [-0.3, -0.25) is 14.6 Å². The summed E-state index contributed by atoms with van der Waals surface area (Å²) in [7, 11) is 3.17. The second kappa shape index (κ2) is 12.6. The van der Waals surface area contributed by atoms with E-state index in [0.717, 1.165) is 58.1 Å². The standard InChI is InChI=1S/C29H41N3O5/c1-20-21(2)28(37-15-12-31-10-13-36-14-11-31)7-6-27(20)22(3)32-9-8-24(19-32)30-29(33)23-16-25(34-4)18-26(17-23)35-5/h6-7,16-18,22,24H,8-15,19H2,1-5H3,(H,30,33)/t22?,24-/m1/s1. The van der Waals surface area contributed by atoms with E-state index >= 15 is 0 Å². The normalized spacial score (nSPS) is 19.4. The molecule has 2 atom stereocenters. The summed E-state index contributed by atoms with van der Waals surface area (Å²) < 4.78 is 22.2. The molecular weight excluding hydrogens is 470 g/mol. The summed E-state index contributed by atoms with van der Waals surface area (Å²) in [5.74, 6) is 2.06. The molecule has 2 aromatic carbocycles. The molecule has 2 saturated heterocycles. The molecular formula is C29H41N3O5. The van der Waals surface area contributed by atoms with E-state index in [1.54, 1.807) is 32.4 Å². The topological polar surface area (TPSA) is 72.5 Å². The minimum absolute atomic E-state index is 0.0938. The van der Waals surface area contributed by atoms with Gasteiger partial charge in [-0.15, -0.1) is 0 Å². The van der Waals surface area contributed by atoms with Crippen LogP contribution in [0.4, 0.5) is 0 Å². The molecule has 2 heterocycles. The zero-order chi connectivity index (χ0) is 26.4. The highest BCUT2D eigenvalue weighted by molar-refractivity contribution is 5.95. The van der Waals surface area contributed by atoms with E-state index in [9.17, 15) is 4.79 Å². The number of carbonyl (C=O) groups excluding carboxylic acids is 1. The third-order valence-electron chi connectivity index (χ3n) is 7.71. The molecule has 1 N–H and O–H groups in total. The van der Waals surface area contributed by atoms with Crippen molar-refractivity contribution in [1.82, 2.24) is 15.1 Å². The molecule has 2 aromatic rings. The van der Waals surface area contributed by atoms with Gasteiger partial charge in [0, 0.05) is 56.4 Å². The number of hydrogen-bond acceptors (Lipinski definition) is 7. The fraction of sp³-hybridized carbons (Fsp3) is 0.552. The Hall–Kier alpha value is -2.81. The number of carbonyl (C=O) groups is 1. The molecule has 1 unspecified atom stereocenters. The monoisotopic (exact) mass is 511 g/mol. The van der Waals surface area contributed by atoms with E-state index in [0.29, 0.717) is 23.7 Å². The third kappa shape index (κ3) is 6.74. The summed E-state index contributed by atoms with van der Waals surface area (Å²) >= 11 is 0. The number of benzene rings is 2. The van der Waals surface area contributed by atoms with Crippen molar-refractivity contribution in [2.75, 3.05) is 66.8 Å². The number of hydrogen-bond donors (Lipinski definition) is 1. The van der Waals surface area contributed by atoms with Crippen molar-refractivity contribution in [3.8, 4) is 17.2 Å². The lowest BCUT2D eigenvalue weighted by molar-refractivity contribution is 0.0322. The minimum atomic E-state index is -0.109. The molecule has 8 nitrogen and oxygen atoms in total. The van der Waals surface area contributed by atoms with Gasteiger partial charge in [0.2, 0.25) is 0 Å². The number of morpholine rings is 1. The van der Waals surface area contributed by atoms with E-state index in [2.05, 4.69) is 48.0 Å². The summed E-state index contributed by atoms with van der Waals surface area (Å²) in [6.07, 6.45) is 0.915. The fourth-order valence-corrected chi connectivity index (χ4v) is 5.20. The maximum Gasteiger partial charge on any atom is 0.251 e. The Morgan fingerprint density at radius 3 is 2.43 bits per heavy atom. The smallest absolute Gasteiger partial charge is 0.251 e. The van der Waals surface area contributed by atoms with Crippen molar-refractivity contribution in [3.05, 3.63) is 52.6 Å². The van der Waals surface area contributed by atoms with E-state index in [1.165, 1.54) is 16.7 Å². The highest BCUT2D eigenvalue weighted by atomic mass is 16.5. The SMILES string of the molecule is COc1cc(OC)cc(C(=O)N[C@@H]2CCN(C(C)c3ccc(OCCN4CCOCC4)c(C)c3C)C2)c1. The summed E-state index contributed by atoms with van der Waals surface area (Å²) in [6.45, 7) is 13.5. The molecule has 37 heavy (non-hydrogen) atoms. The Morgan fingerprint density at radius 2 is 1.76 bits per heavy atom. The van der Waals surface area contributed by atoms with Crippen LogP contribution in [-0.4, -0.2) is 88.5 Å². The van der Waals surface area contributed by atoms with Gasteiger partial charge in [-0.2, -0.15) is 0 Å². The van der Waals surface area contributed by atoms with Crippen molar-refractivity contribution in [1.29, 1.82) is 0 Å². The molecule has 2 aliphatic heterocycles. The van der Waals surface area contributed by atoms with E-state index in [-0.39, 0.29) is 18.0 Å². The maximum absolute atomic E-state index is 12.9. The Kier molecular flexibility index (Phi) is 9.29. The van der Waals surface area contributed by atoms with Gasteiger partial charge in [0.05, 0.1) is 27.4 Å². The van der Waals surface area contributed by atoms with Crippen LogP contribution < -0.4 is 19.5 Å². The quantitative estimate of drug-likeness (QED) is 0.523. The average molecular weight is 512 g/mol. The van der Waals surface area contributed by atoms with E-state index < -0.39 is 0 Å². The van der Waals surface area contributed by atoms with Crippen LogP contribution in [0.15, 0.2) is 30.3 Å². The second-order valence-corrected chi connectivity index (χ2v) is 9.94. The molecule has 0 radical (unpaired) electrons. The number of nitrogens with zero attached hydrogens (tertiary/aromatic N) is 2. The second-order valence-electron chi connectivity index (χ2n) is 9.94. The predicted molar refractivity (Wildman–Crippen MR) is 144 cm³/mol. The van der Waals surface area contributed by atoms with Crippen LogP contribution in [0, 0.1) is 13.8 Å². The fourth-order valence-electron chi connectivity index (χ4n) is 5.20. The number of ether oxygens (including phenoxy) is 4. The van der Waals surface area contributed by atoms with Crippen LogP contribution in [0.1, 0.15) is 46.4 Å². The van der Waals surface area contributed by atoms with Crippen molar-refractivity contribution in [2.24, 2.45) is 0 Å². The molecule has 202 valence electrons. The average Bonchev–Trinajstić information content (AvgIpc) is 3.39. The Balaban J connectivity index is 1.33. The van der Waals surface area contributed by atoms with Crippen molar-refractivity contribution < 1.29 is 23.7 Å². The zero-order valence-electron chi connectivity index (χ0n) is 22.8. The van der Waals surface area contributed by atoms with Crippen LogP contribution in [0.3, 0.4) is 0 Å². The molecule has 2 fully saturated rings.